The van der Waals surface area contributed by atoms with Gasteiger partial charge in [0.05, 0.1) is 5.41 Å². The van der Waals surface area contributed by atoms with Crippen LogP contribution in [0, 0.1) is 5.41 Å². The highest BCUT2D eigenvalue weighted by atomic mass is 28.4. The third kappa shape index (κ3) is 4.81. The number of imide groups is 1. The minimum atomic E-state index is -1.88. The first kappa shape index (κ1) is 22.6. The topological polar surface area (TPSA) is 46.6 Å². The van der Waals surface area contributed by atoms with E-state index in [2.05, 4.69) is 40.4 Å². The predicted octanol–water partition coefficient (Wildman–Crippen LogP) is 5.42. The Morgan fingerprint density at radius 3 is 2.50 bits per heavy atom. The molecule has 2 amide bonds. The minimum Gasteiger partial charge on any atom is -0.417 e. The van der Waals surface area contributed by atoms with E-state index < -0.39 is 13.7 Å². The molecule has 1 aromatic rings. The Kier molecular flexibility index (Phi) is 7.05. The number of piperidine rings is 1. The van der Waals surface area contributed by atoms with E-state index in [0.717, 1.165) is 12.8 Å². The van der Waals surface area contributed by atoms with E-state index in [1.54, 1.807) is 18.2 Å². The summed E-state index contributed by atoms with van der Waals surface area (Å²) in [5, 5.41) is 0.129. The van der Waals surface area contributed by atoms with Crippen LogP contribution in [0.3, 0.4) is 0 Å². The second-order valence-electron chi connectivity index (χ2n) is 9.36. The van der Waals surface area contributed by atoms with Crippen LogP contribution in [0.5, 0.6) is 0 Å². The fraction of sp³-hybridized carbons (Fsp3) is 0.565. The molecule has 1 aliphatic heterocycles. The molecule has 0 aromatic heterocycles. The molecule has 28 heavy (non-hydrogen) atoms. The van der Waals surface area contributed by atoms with Gasteiger partial charge in [-0.1, -0.05) is 45.0 Å². The lowest BCUT2D eigenvalue weighted by Crippen LogP contribution is -2.52. The third-order valence-electron chi connectivity index (χ3n) is 6.39. The summed E-state index contributed by atoms with van der Waals surface area (Å²) in [6.07, 6.45) is 4.60. The summed E-state index contributed by atoms with van der Waals surface area (Å²) in [6, 6.07) is 9.05. The molecule has 0 aliphatic carbocycles. The zero-order valence-electron chi connectivity index (χ0n) is 18.1. The van der Waals surface area contributed by atoms with Crippen LogP contribution < -0.4 is 0 Å². The van der Waals surface area contributed by atoms with Gasteiger partial charge in [-0.2, -0.15) is 0 Å². The lowest BCUT2D eigenvalue weighted by Gasteiger charge is -2.42. The molecule has 0 unspecified atom stereocenters. The van der Waals surface area contributed by atoms with Gasteiger partial charge >= 0.3 is 0 Å². The minimum absolute atomic E-state index is 0.0775. The maximum Gasteiger partial charge on any atom is 0.260 e. The lowest BCUT2D eigenvalue weighted by atomic mass is 9.73. The number of benzene rings is 1. The summed E-state index contributed by atoms with van der Waals surface area (Å²) in [7, 11) is -1.88. The molecule has 2 rings (SSSR count). The summed E-state index contributed by atoms with van der Waals surface area (Å²) < 4.78 is 6.35. The van der Waals surface area contributed by atoms with E-state index in [1.807, 2.05) is 18.2 Å². The summed E-state index contributed by atoms with van der Waals surface area (Å²) in [6.45, 7) is 16.0. The molecule has 5 heteroatoms. The first-order valence-corrected chi connectivity index (χ1v) is 13.1. The van der Waals surface area contributed by atoms with Crippen molar-refractivity contribution in [2.75, 3.05) is 13.2 Å². The Bertz CT molecular complexity index is 708. The standard InChI is InChI=1S/C23H35NO3Si/c1-7-14-23(16-18-27-28(5,6)22(2,3)4)15-11-17-24(21(23)26)20(25)19-12-9-8-10-13-19/h7-10,12-13H,1,11,14-18H2,2-6H3/t23-/m0/s1. The van der Waals surface area contributed by atoms with Crippen molar-refractivity contribution in [2.24, 2.45) is 5.41 Å². The number of hydrogen-bond acceptors (Lipinski definition) is 3. The van der Waals surface area contributed by atoms with Crippen LogP contribution in [0.25, 0.3) is 0 Å². The summed E-state index contributed by atoms with van der Waals surface area (Å²) in [4.78, 5) is 27.8. The van der Waals surface area contributed by atoms with Gasteiger partial charge in [-0.05, 0) is 55.9 Å². The largest absolute Gasteiger partial charge is 0.417 e. The number of rotatable bonds is 7. The highest BCUT2D eigenvalue weighted by Gasteiger charge is 2.45. The molecule has 0 saturated carbocycles. The van der Waals surface area contributed by atoms with Crippen LogP contribution in [0.2, 0.25) is 18.1 Å². The first-order valence-electron chi connectivity index (χ1n) is 10.2. The Labute approximate surface area is 171 Å². The maximum atomic E-state index is 13.4. The van der Waals surface area contributed by atoms with Gasteiger partial charge in [0.2, 0.25) is 5.91 Å². The average molecular weight is 402 g/mol. The average Bonchev–Trinajstić information content (AvgIpc) is 2.63. The van der Waals surface area contributed by atoms with Crippen LogP contribution in [-0.2, 0) is 9.22 Å². The van der Waals surface area contributed by atoms with Gasteiger partial charge in [0, 0.05) is 18.7 Å². The van der Waals surface area contributed by atoms with Gasteiger partial charge in [-0.25, -0.2) is 0 Å². The zero-order valence-corrected chi connectivity index (χ0v) is 19.1. The van der Waals surface area contributed by atoms with Crippen molar-refractivity contribution < 1.29 is 14.0 Å². The van der Waals surface area contributed by atoms with Crippen molar-refractivity contribution in [2.45, 2.75) is 64.6 Å². The molecule has 1 aliphatic rings. The predicted molar refractivity (Wildman–Crippen MR) is 117 cm³/mol. The van der Waals surface area contributed by atoms with Gasteiger partial charge in [0.1, 0.15) is 0 Å². The lowest BCUT2D eigenvalue weighted by molar-refractivity contribution is -0.144. The van der Waals surface area contributed by atoms with Crippen molar-refractivity contribution in [1.29, 1.82) is 0 Å². The summed E-state index contributed by atoms with van der Waals surface area (Å²) in [5.74, 6) is -0.282. The van der Waals surface area contributed by atoms with E-state index in [9.17, 15) is 9.59 Å². The van der Waals surface area contributed by atoms with Gasteiger partial charge in [-0.3, -0.25) is 14.5 Å². The SMILES string of the molecule is C=CC[C@@]1(CCO[Si](C)(C)C(C)(C)C)CCCN(C(=O)c2ccccc2)C1=O. The number of carbonyl (C=O) groups excluding carboxylic acids is 2. The molecule has 1 fully saturated rings. The quantitative estimate of drug-likeness (QED) is 0.348. The van der Waals surface area contributed by atoms with Crippen molar-refractivity contribution >= 4 is 20.1 Å². The second kappa shape index (κ2) is 8.74. The molecule has 0 N–H and O–H groups in total. The van der Waals surface area contributed by atoms with Crippen molar-refractivity contribution in [3.8, 4) is 0 Å². The molecule has 4 nitrogen and oxygen atoms in total. The molecule has 1 atom stereocenters. The highest BCUT2D eigenvalue weighted by molar-refractivity contribution is 6.74. The van der Waals surface area contributed by atoms with E-state index in [0.29, 0.717) is 31.6 Å². The Morgan fingerprint density at radius 1 is 1.29 bits per heavy atom. The van der Waals surface area contributed by atoms with Gasteiger partial charge in [-0.15, -0.1) is 6.58 Å². The Hall–Kier alpha value is -1.72. The molecular weight excluding hydrogens is 366 g/mol. The molecule has 1 aromatic carbocycles. The molecular formula is C23H35NO3Si. The molecule has 0 radical (unpaired) electrons. The van der Waals surface area contributed by atoms with Crippen molar-refractivity contribution in [3.63, 3.8) is 0 Å². The van der Waals surface area contributed by atoms with Crippen molar-refractivity contribution in [3.05, 3.63) is 48.6 Å². The molecule has 1 heterocycles. The third-order valence-corrected chi connectivity index (χ3v) is 10.9. The number of hydrogen-bond donors (Lipinski definition) is 0. The van der Waals surface area contributed by atoms with Crippen LogP contribution in [0.1, 0.15) is 56.8 Å². The second-order valence-corrected chi connectivity index (χ2v) is 14.2. The summed E-state index contributed by atoms with van der Waals surface area (Å²) >= 11 is 0. The monoisotopic (exact) mass is 401 g/mol. The van der Waals surface area contributed by atoms with Crippen LogP contribution in [0.4, 0.5) is 0 Å². The Balaban J connectivity index is 2.17. The number of carbonyl (C=O) groups is 2. The fourth-order valence-electron chi connectivity index (χ4n) is 3.52. The molecule has 0 spiro atoms. The molecule has 154 valence electrons. The van der Waals surface area contributed by atoms with Crippen LogP contribution >= 0.6 is 0 Å². The molecule has 0 bridgehead atoms. The van der Waals surface area contributed by atoms with Gasteiger partial charge in [0.25, 0.3) is 5.91 Å². The van der Waals surface area contributed by atoms with E-state index in [-0.39, 0.29) is 16.9 Å². The van der Waals surface area contributed by atoms with Gasteiger partial charge < -0.3 is 4.43 Å². The number of nitrogens with zero attached hydrogens (tertiary/aromatic N) is 1. The van der Waals surface area contributed by atoms with Crippen LogP contribution in [0.15, 0.2) is 43.0 Å². The smallest absolute Gasteiger partial charge is 0.260 e. The van der Waals surface area contributed by atoms with E-state index in [1.165, 1.54) is 4.90 Å². The normalized spacial score (nSPS) is 20.9. The zero-order chi connectivity index (χ0) is 21.0. The molecule has 1 saturated heterocycles. The van der Waals surface area contributed by atoms with Crippen molar-refractivity contribution in [1.82, 2.24) is 4.90 Å². The maximum absolute atomic E-state index is 13.4. The summed E-state index contributed by atoms with van der Waals surface area (Å²) in [5.41, 5.74) is -0.0323. The van der Waals surface area contributed by atoms with Gasteiger partial charge in [0.15, 0.2) is 8.32 Å². The highest BCUT2D eigenvalue weighted by Crippen LogP contribution is 2.41. The first-order chi connectivity index (χ1) is 13.0. The number of allylic oxidation sites excluding steroid dienone is 1. The Morgan fingerprint density at radius 2 is 1.93 bits per heavy atom. The van der Waals surface area contributed by atoms with E-state index >= 15 is 0 Å². The fourth-order valence-corrected chi connectivity index (χ4v) is 4.56. The van der Waals surface area contributed by atoms with Crippen LogP contribution in [-0.4, -0.2) is 38.2 Å². The number of amides is 2. The van der Waals surface area contributed by atoms with E-state index in [4.69, 9.17) is 4.43 Å². The number of likely N-dealkylation sites (tertiary alicyclic amines) is 1.